The lowest BCUT2D eigenvalue weighted by molar-refractivity contribution is 0.0955. The normalized spacial score (nSPS) is 9.94. The van der Waals surface area contributed by atoms with Crippen molar-refractivity contribution in [1.29, 1.82) is 0 Å². The van der Waals surface area contributed by atoms with E-state index in [0.717, 1.165) is 10.7 Å². The fourth-order valence-corrected chi connectivity index (χ4v) is 1.95. The summed E-state index contributed by atoms with van der Waals surface area (Å²) in [7, 11) is 1.78. The molecule has 2 rings (SSSR count). The summed E-state index contributed by atoms with van der Waals surface area (Å²) in [6, 6.07) is 3.73. The number of pyridine rings is 1. The quantitative estimate of drug-likeness (QED) is 0.860. The molecule has 0 spiro atoms. The fraction of sp³-hybridized carbons (Fsp3) is 0.182. The molecule has 2 heterocycles. The van der Waals surface area contributed by atoms with E-state index in [1.807, 2.05) is 12.1 Å². The summed E-state index contributed by atoms with van der Waals surface area (Å²) in [5, 5.41) is 6.46. The van der Waals surface area contributed by atoms with Gasteiger partial charge in [0.15, 0.2) is 5.13 Å². The van der Waals surface area contributed by atoms with E-state index in [-0.39, 0.29) is 5.91 Å². The number of amides is 1. The van der Waals surface area contributed by atoms with Crippen LogP contribution < -0.4 is 10.6 Å². The third-order valence-corrected chi connectivity index (χ3v) is 3.16. The molecule has 0 fully saturated rings. The molecule has 0 aliphatic carbocycles. The van der Waals surface area contributed by atoms with E-state index < -0.39 is 0 Å². The summed E-state index contributed by atoms with van der Waals surface area (Å²) in [5.41, 5.74) is 1.02. The first kappa shape index (κ1) is 11.5. The first-order chi connectivity index (χ1) is 8.29. The smallest absolute Gasteiger partial charge is 0.263 e. The average molecular weight is 248 g/mol. The Morgan fingerprint density at radius 1 is 1.41 bits per heavy atom. The molecule has 0 aliphatic rings. The van der Waals surface area contributed by atoms with Gasteiger partial charge in [-0.2, -0.15) is 0 Å². The van der Waals surface area contributed by atoms with E-state index in [2.05, 4.69) is 20.6 Å². The van der Waals surface area contributed by atoms with Crippen LogP contribution in [-0.4, -0.2) is 22.9 Å². The van der Waals surface area contributed by atoms with Crippen LogP contribution in [0.3, 0.4) is 0 Å². The predicted molar refractivity (Wildman–Crippen MR) is 67.1 cm³/mol. The molecule has 0 saturated carbocycles. The van der Waals surface area contributed by atoms with Crippen molar-refractivity contribution >= 4 is 22.4 Å². The average Bonchev–Trinajstić information content (AvgIpc) is 2.86. The minimum atomic E-state index is -0.110. The molecule has 0 atom stereocenters. The van der Waals surface area contributed by atoms with Gasteiger partial charge in [0.1, 0.15) is 4.88 Å². The maximum Gasteiger partial charge on any atom is 0.263 e. The number of rotatable bonds is 4. The number of nitrogens with one attached hydrogen (secondary N) is 2. The van der Waals surface area contributed by atoms with Crippen molar-refractivity contribution in [3.63, 3.8) is 0 Å². The van der Waals surface area contributed by atoms with Gasteiger partial charge in [0.05, 0.1) is 6.20 Å². The largest absolute Gasteiger partial charge is 0.365 e. The molecular weight excluding hydrogens is 236 g/mol. The molecule has 5 nitrogen and oxygen atoms in total. The van der Waals surface area contributed by atoms with Crippen molar-refractivity contribution in [2.75, 3.05) is 12.4 Å². The number of carbonyl (C=O) groups excluding carboxylic acids is 1. The minimum absolute atomic E-state index is 0.110. The Hall–Kier alpha value is -1.95. The van der Waals surface area contributed by atoms with Gasteiger partial charge in [0.25, 0.3) is 5.91 Å². The Kier molecular flexibility index (Phi) is 3.66. The molecule has 0 aromatic carbocycles. The van der Waals surface area contributed by atoms with Crippen molar-refractivity contribution < 1.29 is 4.79 Å². The van der Waals surface area contributed by atoms with Crippen molar-refractivity contribution in [3.05, 3.63) is 41.2 Å². The summed E-state index contributed by atoms with van der Waals surface area (Å²) in [4.78, 5) is 20.3. The Morgan fingerprint density at radius 3 is 2.82 bits per heavy atom. The second-order valence-electron chi connectivity index (χ2n) is 3.32. The van der Waals surface area contributed by atoms with Crippen LogP contribution in [0.1, 0.15) is 15.2 Å². The van der Waals surface area contributed by atoms with Crippen molar-refractivity contribution in [2.24, 2.45) is 0 Å². The second-order valence-corrected chi connectivity index (χ2v) is 4.35. The molecule has 88 valence electrons. The summed E-state index contributed by atoms with van der Waals surface area (Å²) >= 11 is 1.33. The third kappa shape index (κ3) is 3.01. The molecule has 1 amide bonds. The summed E-state index contributed by atoms with van der Waals surface area (Å²) in [5.74, 6) is -0.110. The molecule has 6 heteroatoms. The molecule has 2 aromatic heterocycles. The highest BCUT2D eigenvalue weighted by Crippen LogP contribution is 2.16. The lowest BCUT2D eigenvalue weighted by Gasteiger charge is -2.02. The van der Waals surface area contributed by atoms with Gasteiger partial charge in [-0.1, -0.05) is 11.3 Å². The van der Waals surface area contributed by atoms with Crippen LogP contribution in [0, 0.1) is 0 Å². The van der Waals surface area contributed by atoms with Crippen LogP contribution in [-0.2, 0) is 6.54 Å². The summed E-state index contributed by atoms with van der Waals surface area (Å²) in [6.07, 6.45) is 4.97. The number of carbonyl (C=O) groups is 1. The highest BCUT2D eigenvalue weighted by atomic mass is 32.1. The van der Waals surface area contributed by atoms with E-state index in [1.54, 1.807) is 25.6 Å². The zero-order chi connectivity index (χ0) is 12.1. The van der Waals surface area contributed by atoms with Crippen molar-refractivity contribution in [1.82, 2.24) is 15.3 Å². The number of hydrogen-bond acceptors (Lipinski definition) is 5. The van der Waals surface area contributed by atoms with E-state index in [1.165, 1.54) is 11.3 Å². The molecule has 2 N–H and O–H groups in total. The van der Waals surface area contributed by atoms with Gasteiger partial charge in [-0.25, -0.2) is 4.98 Å². The molecule has 0 bridgehead atoms. The molecule has 0 radical (unpaired) electrons. The first-order valence-corrected chi connectivity index (χ1v) is 5.92. The number of anilines is 1. The van der Waals surface area contributed by atoms with E-state index >= 15 is 0 Å². The maximum absolute atomic E-state index is 11.8. The highest BCUT2D eigenvalue weighted by molar-refractivity contribution is 7.17. The van der Waals surface area contributed by atoms with Crippen molar-refractivity contribution in [3.8, 4) is 0 Å². The lowest BCUT2D eigenvalue weighted by atomic mass is 10.3. The number of nitrogens with zero attached hydrogens (tertiary/aromatic N) is 2. The molecule has 0 unspecified atom stereocenters. The van der Waals surface area contributed by atoms with Gasteiger partial charge in [-0.3, -0.25) is 9.78 Å². The highest BCUT2D eigenvalue weighted by Gasteiger charge is 2.09. The second kappa shape index (κ2) is 5.40. The van der Waals surface area contributed by atoms with Crippen LogP contribution in [0.2, 0.25) is 0 Å². The van der Waals surface area contributed by atoms with Crippen molar-refractivity contribution in [2.45, 2.75) is 6.54 Å². The number of thiazole rings is 1. The van der Waals surface area contributed by atoms with Gasteiger partial charge in [0.2, 0.25) is 0 Å². The molecule has 17 heavy (non-hydrogen) atoms. The third-order valence-electron chi connectivity index (χ3n) is 2.15. The fourth-order valence-electron chi connectivity index (χ4n) is 1.26. The van der Waals surface area contributed by atoms with Gasteiger partial charge in [-0.05, 0) is 17.7 Å². The van der Waals surface area contributed by atoms with Crippen LogP contribution in [0.5, 0.6) is 0 Å². The SMILES string of the molecule is CNc1ncc(C(=O)NCc2ccncc2)s1. The molecule has 0 aliphatic heterocycles. The number of aromatic nitrogens is 2. The standard InChI is InChI=1S/C11H12N4OS/c1-12-11-15-7-9(17-11)10(16)14-6-8-2-4-13-5-3-8/h2-5,7H,6H2,1H3,(H,12,15)(H,14,16). The Bertz CT molecular complexity index is 497. The van der Waals surface area contributed by atoms with E-state index in [9.17, 15) is 4.79 Å². The topological polar surface area (TPSA) is 66.9 Å². The van der Waals surface area contributed by atoms with Gasteiger partial charge < -0.3 is 10.6 Å². The van der Waals surface area contributed by atoms with Crippen LogP contribution >= 0.6 is 11.3 Å². The summed E-state index contributed by atoms with van der Waals surface area (Å²) < 4.78 is 0. The minimum Gasteiger partial charge on any atom is -0.365 e. The summed E-state index contributed by atoms with van der Waals surface area (Å²) in [6.45, 7) is 0.494. The zero-order valence-corrected chi connectivity index (χ0v) is 10.1. The monoisotopic (exact) mass is 248 g/mol. The van der Waals surface area contributed by atoms with Gasteiger partial charge in [-0.15, -0.1) is 0 Å². The van der Waals surface area contributed by atoms with Gasteiger partial charge in [0, 0.05) is 26.0 Å². The Labute approximate surface area is 103 Å². The van der Waals surface area contributed by atoms with E-state index in [0.29, 0.717) is 11.4 Å². The molecular formula is C11H12N4OS. The zero-order valence-electron chi connectivity index (χ0n) is 9.30. The lowest BCUT2D eigenvalue weighted by Crippen LogP contribution is -2.21. The molecule has 2 aromatic rings. The first-order valence-electron chi connectivity index (χ1n) is 5.10. The van der Waals surface area contributed by atoms with E-state index in [4.69, 9.17) is 0 Å². The van der Waals surface area contributed by atoms with Crippen LogP contribution in [0.4, 0.5) is 5.13 Å². The Morgan fingerprint density at radius 2 is 2.18 bits per heavy atom. The van der Waals surface area contributed by atoms with Crippen LogP contribution in [0.25, 0.3) is 0 Å². The maximum atomic E-state index is 11.8. The molecule has 0 saturated heterocycles. The predicted octanol–water partition coefficient (Wildman–Crippen LogP) is 1.51. The Balaban J connectivity index is 1.93. The van der Waals surface area contributed by atoms with Crippen LogP contribution in [0.15, 0.2) is 30.7 Å². The number of hydrogen-bond donors (Lipinski definition) is 2. The van der Waals surface area contributed by atoms with Gasteiger partial charge >= 0.3 is 0 Å².